The first-order valence-corrected chi connectivity index (χ1v) is 8.64. The molecular formula is C18H27IN6. The topological polar surface area (TPSA) is 67.1 Å². The Kier molecular flexibility index (Phi) is 7.22. The second kappa shape index (κ2) is 9.17. The van der Waals surface area contributed by atoms with Crippen LogP contribution in [0.15, 0.2) is 41.7 Å². The molecule has 1 fully saturated rings. The highest BCUT2D eigenvalue weighted by atomic mass is 127. The van der Waals surface area contributed by atoms with Gasteiger partial charge in [-0.3, -0.25) is 4.99 Å². The average Bonchev–Trinajstić information content (AvgIpc) is 3.29. The fourth-order valence-electron chi connectivity index (χ4n) is 3.02. The van der Waals surface area contributed by atoms with E-state index in [9.17, 15) is 0 Å². The number of nitrogens with one attached hydrogen (secondary N) is 2. The molecule has 136 valence electrons. The van der Waals surface area contributed by atoms with Crippen LogP contribution in [0, 0.1) is 0 Å². The summed E-state index contributed by atoms with van der Waals surface area (Å²) < 4.78 is 2.08. The molecule has 0 spiro atoms. The minimum Gasteiger partial charge on any atom is -0.356 e. The number of rotatable bonds is 7. The first-order chi connectivity index (χ1) is 11.8. The first kappa shape index (κ1) is 19.7. The van der Waals surface area contributed by atoms with Crippen molar-refractivity contribution in [1.82, 2.24) is 25.4 Å². The monoisotopic (exact) mass is 454 g/mol. The van der Waals surface area contributed by atoms with E-state index in [0.717, 1.165) is 37.8 Å². The van der Waals surface area contributed by atoms with Crippen molar-refractivity contribution in [2.75, 3.05) is 20.1 Å². The van der Waals surface area contributed by atoms with E-state index in [1.165, 1.54) is 18.4 Å². The van der Waals surface area contributed by atoms with Gasteiger partial charge in [-0.25, -0.2) is 0 Å². The summed E-state index contributed by atoms with van der Waals surface area (Å²) in [4.78, 5) is 4.33. The molecule has 0 atom stereocenters. The van der Waals surface area contributed by atoms with Crippen molar-refractivity contribution in [3.8, 4) is 0 Å². The van der Waals surface area contributed by atoms with Crippen LogP contribution in [-0.2, 0) is 18.4 Å². The Bertz CT molecular complexity index is 678. The molecule has 0 bridgehead atoms. The van der Waals surface area contributed by atoms with Crippen molar-refractivity contribution in [3.05, 3.63) is 48.0 Å². The molecule has 6 nitrogen and oxygen atoms in total. The molecule has 0 radical (unpaired) electrons. The fraction of sp³-hybridized carbons (Fsp3) is 0.500. The molecule has 3 rings (SSSR count). The Balaban J connectivity index is 0.00000225. The van der Waals surface area contributed by atoms with E-state index in [0.29, 0.717) is 0 Å². The summed E-state index contributed by atoms with van der Waals surface area (Å²) >= 11 is 0. The average molecular weight is 454 g/mol. The molecule has 1 saturated carbocycles. The molecule has 1 aliphatic rings. The van der Waals surface area contributed by atoms with Crippen LogP contribution in [-0.4, -0.2) is 40.9 Å². The van der Waals surface area contributed by atoms with Gasteiger partial charge in [-0.2, -0.15) is 0 Å². The summed E-state index contributed by atoms with van der Waals surface area (Å²) in [7, 11) is 1.81. The molecular weight excluding hydrogens is 427 g/mol. The highest BCUT2D eigenvalue weighted by Gasteiger charge is 2.43. The van der Waals surface area contributed by atoms with Gasteiger partial charge in [-0.1, -0.05) is 37.3 Å². The third-order valence-corrected chi connectivity index (χ3v) is 4.71. The van der Waals surface area contributed by atoms with Crippen LogP contribution >= 0.6 is 24.0 Å². The zero-order valence-electron chi connectivity index (χ0n) is 14.9. The Hall–Kier alpha value is -1.64. The second-order valence-corrected chi connectivity index (χ2v) is 6.29. The first-order valence-electron chi connectivity index (χ1n) is 8.64. The maximum absolute atomic E-state index is 4.33. The van der Waals surface area contributed by atoms with E-state index in [2.05, 4.69) is 67.6 Å². The number of nitrogens with zero attached hydrogens (tertiary/aromatic N) is 4. The van der Waals surface area contributed by atoms with Gasteiger partial charge in [0.15, 0.2) is 5.96 Å². The number of hydrogen-bond donors (Lipinski definition) is 2. The smallest absolute Gasteiger partial charge is 0.191 e. The minimum atomic E-state index is 0. The Morgan fingerprint density at radius 2 is 2.00 bits per heavy atom. The Labute approximate surface area is 166 Å². The van der Waals surface area contributed by atoms with Gasteiger partial charge in [0, 0.05) is 38.5 Å². The SMILES string of the molecule is CCc1nncn1CCNC(=NC)NCC1(c2ccccc2)CC1.I. The summed E-state index contributed by atoms with van der Waals surface area (Å²) in [6.45, 7) is 4.64. The molecule has 0 unspecified atom stereocenters. The number of halogens is 1. The van der Waals surface area contributed by atoms with E-state index in [-0.39, 0.29) is 29.4 Å². The molecule has 2 N–H and O–H groups in total. The maximum Gasteiger partial charge on any atom is 0.191 e. The van der Waals surface area contributed by atoms with E-state index < -0.39 is 0 Å². The summed E-state index contributed by atoms with van der Waals surface area (Å²) in [5.41, 5.74) is 1.70. The van der Waals surface area contributed by atoms with E-state index in [1.807, 2.05) is 7.05 Å². The molecule has 0 aliphatic heterocycles. The Morgan fingerprint density at radius 3 is 2.64 bits per heavy atom. The van der Waals surface area contributed by atoms with Crippen LogP contribution in [0.1, 0.15) is 31.2 Å². The van der Waals surface area contributed by atoms with Crippen molar-refractivity contribution in [2.45, 2.75) is 38.1 Å². The quantitative estimate of drug-likeness (QED) is 0.383. The lowest BCUT2D eigenvalue weighted by Crippen LogP contribution is -2.42. The van der Waals surface area contributed by atoms with Crippen molar-refractivity contribution >= 4 is 29.9 Å². The van der Waals surface area contributed by atoms with Crippen LogP contribution in [0.4, 0.5) is 0 Å². The number of guanidine groups is 1. The highest BCUT2D eigenvalue weighted by Crippen LogP contribution is 2.47. The van der Waals surface area contributed by atoms with E-state index in [1.54, 1.807) is 6.33 Å². The van der Waals surface area contributed by atoms with E-state index in [4.69, 9.17) is 0 Å². The van der Waals surface area contributed by atoms with Gasteiger partial charge in [0.25, 0.3) is 0 Å². The number of benzene rings is 1. The van der Waals surface area contributed by atoms with Crippen LogP contribution in [0.3, 0.4) is 0 Å². The predicted octanol–water partition coefficient (Wildman–Crippen LogP) is 2.36. The number of aromatic nitrogens is 3. The van der Waals surface area contributed by atoms with Gasteiger partial charge in [-0.15, -0.1) is 34.2 Å². The van der Waals surface area contributed by atoms with Crippen molar-refractivity contribution < 1.29 is 0 Å². The molecule has 1 aliphatic carbocycles. The summed E-state index contributed by atoms with van der Waals surface area (Å²) in [5.74, 6) is 1.86. The number of aryl methyl sites for hydroxylation is 1. The lowest BCUT2D eigenvalue weighted by Gasteiger charge is -2.19. The lowest BCUT2D eigenvalue weighted by molar-refractivity contribution is 0.615. The molecule has 1 aromatic heterocycles. The van der Waals surface area contributed by atoms with Gasteiger partial charge in [0.1, 0.15) is 12.2 Å². The molecule has 1 heterocycles. The van der Waals surface area contributed by atoms with Crippen molar-refractivity contribution in [3.63, 3.8) is 0 Å². The summed E-state index contributed by atoms with van der Waals surface area (Å²) in [5, 5.41) is 14.9. The molecule has 25 heavy (non-hydrogen) atoms. The molecule has 0 amide bonds. The third-order valence-electron chi connectivity index (χ3n) is 4.71. The summed E-state index contributed by atoms with van der Waals surface area (Å²) in [6.07, 6.45) is 5.15. The van der Waals surface area contributed by atoms with Crippen LogP contribution in [0.2, 0.25) is 0 Å². The zero-order valence-corrected chi connectivity index (χ0v) is 17.2. The number of hydrogen-bond acceptors (Lipinski definition) is 3. The van der Waals surface area contributed by atoms with Gasteiger partial charge in [0.2, 0.25) is 0 Å². The van der Waals surface area contributed by atoms with Gasteiger partial charge in [0.05, 0.1) is 0 Å². The van der Waals surface area contributed by atoms with Gasteiger partial charge >= 0.3 is 0 Å². The largest absolute Gasteiger partial charge is 0.356 e. The summed E-state index contributed by atoms with van der Waals surface area (Å²) in [6, 6.07) is 10.8. The van der Waals surface area contributed by atoms with Crippen LogP contribution < -0.4 is 10.6 Å². The molecule has 2 aromatic rings. The fourth-order valence-corrected chi connectivity index (χ4v) is 3.02. The third kappa shape index (κ3) is 4.93. The lowest BCUT2D eigenvalue weighted by atomic mass is 9.96. The van der Waals surface area contributed by atoms with Crippen LogP contribution in [0.25, 0.3) is 0 Å². The van der Waals surface area contributed by atoms with Crippen LogP contribution in [0.5, 0.6) is 0 Å². The molecule has 7 heteroatoms. The maximum atomic E-state index is 4.33. The van der Waals surface area contributed by atoms with Gasteiger partial charge in [-0.05, 0) is 18.4 Å². The Morgan fingerprint density at radius 1 is 1.24 bits per heavy atom. The minimum absolute atomic E-state index is 0. The van der Waals surface area contributed by atoms with Gasteiger partial charge < -0.3 is 15.2 Å². The zero-order chi connectivity index (χ0) is 16.8. The second-order valence-electron chi connectivity index (χ2n) is 6.29. The molecule has 0 saturated heterocycles. The predicted molar refractivity (Wildman–Crippen MR) is 112 cm³/mol. The number of aliphatic imine (C=N–C) groups is 1. The van der Waals surface area contributed by atoms with Crippen molar-refractivity contribution in [1.29, 1.82) is 0 Å². The van der Waals surface area contributed by atoms with Crippen molar-refractivity contribution in [2.24, 2.45) is 4.99 Å². The normalized spacial score (nSPS) is 15.4. The highest BCUT2D eigenvalue weighted by molar-refractivity contribution is 14.0. The standard InChI is InChI=1S/C18H26N6.HI/c1-3-16-23-22-14-24(16)12-11-20-17(19-2)21-13-18(9-10-18)15-7-5-4-6-8-15;/h4-8,14H,3,9-13H2,1-2H3,(H2,19,20,21);1H. The van der Waals surface area contributed by atoms with E-state index >= 15 is 0 Å². The molecule has 1 aromatic carbocycles.